The zero-order valence-corrected chi connectivity index (χ0v) is 10.0. The van der Waals surface area contributed by atoms with Crippen molar-refractivity contribution in [3.8, 4) is 0 Å². The molecule has 0 saturated carbocycles. The van der Waals surface area contributed by atoms with Gasteiger partial charge in [-0.3, -0.25) is 9.59 Å². The van der Waals surface area contributed by atoms with E-state index < -0.39 is 11.4 Å². The van der Waals surface area contributed by atoms with E-state index in [-0.39, 0.29) is 18.2 Å². The lowest BCUT2D eigenvalue weighted by Crippen LogP contribution is -2.50. The lowest BCUT2D eigenvalue weighted by molar-refractivity contribution is -0.127. The lowest BCUT2D eigenvalue weighted by Gasteiger charge is -2.29. The first-order valence-corrected chi connectivity index (χ1v) is 5.72. The summed E-state index contributed by atoms with van der Waals surface area (Å²) in [5, 5.41) is 6.07. The van der Waals surface area contributed by atoms with E-state index in [1.807, 2.05) is 13.8 Å². The molecule has 0 aromatic carbocycles. The molecule has 1 heterocycles. The predicted octanol–water partition coefficient (Wildman–Crippen LogP) is -0.244. The molecule has 1 atom stereocenters. The number of nitrogens with two attached hydrogens (primary N) is 1. The number of rotatable bonds is 4. The van der Waals surface area contributed by atoms with E-state index in [0.717, 1.165) is 25.9 Å². The zero-order chi connectivity index (χ0) is 12.2. The van der Waals surface area contributed by atoms with Crippen molar-refractivity contribution < 1.29 is 9.59 Å². The van der Waals surface area contributed by atoms with Gasteiger partial charge in [0.1, 0.15) is 0 Å². The van der Waals surface area contributed by atoms with E-state index in [0.29, 0.717) is 0 Å². The zero-order valence-electron chi connectivity index (χ0n) is 10.0. The summed E-state index contributed by atoms with van der Waals surface area (Å²) in [6, 6.07) is 0. The van der Waals surface area contributed by atoms with Crippen LogP contribution in [0.25, 0.3) is 0 Å². The molecule has 1 rings (SSSR count). The van der Waals surface area contributed by atoms with Crippen molar-refractivity contribution >= 4 is 11.8 Å². The molecule has 0 aromatic rings. The van der Waals surface area contributed by atoms with Crippen LogP contribution < -0.4 is 16.4 Å². The molecule has 0 aliphatic carbocycles. The van der Waals surface area contributed by atoms with Crippen LogP contribution in [0.15, 0.2) is 0 Å². The first-order valence-electron chi connectivity index (χ1n) is 5.72. The van der Waals surface area contributed by atoms with Gasteiger partial charge in [0.2, 0.25) is 11.8 Å². The number of piperidine rings is 1. The van der Waals surface area contributed by atoms with Gasteiger partial charge in [0.05, 0.1) is 5.92 Å². The maximum Gasteiger partial charge on any atom is 0.224 e. The maximum absolute atomic E-state index is 11.9. The van der Waals surface area contributed by atoms with Crippen molar-refractivity contribution in [2.45, 2.75) is 38.6 Å². The Labute approximate surface area is 96.1 Å². The van der Waals surface area contributed by atoms with Gasteiger partial charge in [-0.1, -0.05) is 0 Å². The summed E-state index contributed by atoms with van der Waals surface area (Å²) in [7, 11) is 0. The molecule has 0 unspecified atom stereocenters. The van der Waals surface area contributed by atoms with Gasteiger partial charge in [0, 0.05) is 18.5 Å². The quantitative estimate of drug-likeness (QED) is 0.619. The van der Waals surface area contributed by atoms with Crippen LogP contribution >= 0.6 is 0 Å². The Morgan fingerprint density at radius 3 is 2.69 bits per heavy atom. The smallest absolute Gasteiger partial charge is 0.224 e. The highest BCUT2D eigenvalue weighted by atomic mass is 16.2. The van der Waals surface area contributed by atoms with Gasteiger partial charge in [-0.25, -0.2) is 0 Å². The van der Waals surface area contributed by atoms with Gasteiger partial charge < -0.3 is 16.4 Å². The van der Waals surface area contributed by atoms with Gasteiger partial charge in [-0.2, -0.15) is 0 Å². The van der Waals surface area contributed by atoms with Crippen molar-refractivity contribution in [1.29, 1.82) is 0 Å². The van der Waals surface area contributed by atoms with Crippen LogP contribution in [0.5, 0.6) is 0 Å². The fourth-order valence-electron chi connectivity index (χ4n) is 1.99. The Balaban J connectivity index is 2.45. The average molecular weight is 227 g/mol. The molecule has 0 spiro atoms. The molecule has 0 radical (unpaired) electrons. The second kappa shape index (κ2) is 5.30. The van der Waals surface area contributed by atoms with Crippen LogP contribution in [-0.2, 0) is 9.59 Å². The molecule has 1 fully saturated rings. The van der Waals surface area contributed by atoms with Crippen LogP contribution in [-0.4, -0.2) is 30.4 Å². The van der Waals surface area contributed by atoms with Gasteiger partial charge in [-0.15, -0.1) is 0 Å². The highest BCUT2D eigenvalue weighted by Crippen LogP contribution is 2.14. The Hall–Kier alpha value is -1.10. The monoisotopic (exact) mass is 227 g/mol. The third-order valence-electron chi connectivity index (χ3n) is 2.75. The van der Waals surface area contributed by atoms with Crippen LogP contribution in [0.2, 0.25) is 0 Å². The van der Waals surface area contributed by atoms with Crippen molar-refractivity contribution in [3.63, 3.8) is 0 Å². The molecule has 0 aromatic heterocycles. The van der Waals surface area contributed by atoms with Gasteiger partial charge >= 0.3 is 0 Å². The number of primary amides is 1. The maximum atomic E-state index is 11.9. The highest BCUT2D eigenvalue weighted by Gasteiger charge is 2.27. The number of hydrogen-bond donors (Lipinski definition) is 3. The molecule has 1 aliphatic heterocycles. The Kier molecular flexibility index (Phi) is 4.29. The summed E-state index contributed by atoms with van der Waals surface area (Å²) in [4.78, 5) is 22.7. The second-order valence-corrected chi connectivity index (χ2v) is 5.06. The SMILES string of the molecule is CC(C)(CC(N)=O)NC(=O)[C@H]1CCCNC1. The van der Waals surface area contributed by atoms with Crippen molar-refractivity contribution in [2.75, 3.05) is 13.1 Å². The van der Waals surface area contributed by atoms with E-state index in [4.69, 9.17) is 5.73 Å². The third-order valence-corrected chi connectivity index (χ3v) is 2.75. The standard InChI is InChI=1S/C11H21N3O2/c1-11(2,6-9(12)15)14-10(16)8-4-3-5-13-7-8/h8,13H,3-7H2,1-2H3,(H2,12,15)(H,14,16)/t8-/m0/s1. The Morgan fingerprint density at radius 1 is 1.50 bits per heavy atom. The van der Waals surface area contributed by atoms with Gasteiger partial charge in [0.25, 0.3) is 0 Å². The largest absolute Gasteiger partial charge is 0.370 e. The molecular formula is C11H21N3O2. The average Bonchev–Trinajstić information content (AvgIpc) is 2.16. The predicted molar refractivity (Wildman–Crippen MR) is 61.6 cm³/mol. The van der Waals surface area contributed by atoms with E-state index in [2.05, 4.69) is 10.6 Å². The van der Waals surface area contributed by atoms with Crippen molar-refractivity contribution in [2.24, 2.45) is 11.7 Å². The molecular weight excluding hydrogens is 206 g/mol. The number of amides is 2. The molecule has 0 bridgehead atoms. The summed E-state index contributed by atoms with van der Waals surface area (Å²) in [6.45, 7) is 5.32. The molecule has 5 nitrogen and oxygen atoms in total. The number of carbonyl (C=O) groups is 2. The molecule has 4 N–H and O–H groups in total. The van der Waals surface area contributed by atoms with Crippen LogP contribution in [0.1, 0.15) is 33.1 Å². The number of hydrogen-bond acceptors (Lipinski definition) is 3. The summed E-state index contributed by atoms with van der Waals surface area (Å²) < 4.78 is 0. The second-order valence-electron chi connectivity index (χ2n) is 5.06. The van der Waals surface area contributed by atoms with Crippen molar-refractivity contribution in [3.05, 3.63) is 0 Å². The van der Waals surface area contributed by atoms with E-state index in [1.54, 1.807) is 0 Å². The topological polar surface area (TPSA) is 84.2 Å². The van der Waals surface area contributed by atoms with Gasteiger partial charge in [0.15, 0.2) is 0 Å². The Bertz CT molecular complexity index is 270. The summed E-state index contributed by atoms with van der Waals surface area (Å²) >= 11 is 0. The van der Waals surface area contributed by atoms with Crippen LogP contribution in [0, 0.1) is 5.92 Å². The first kappa shape index (κ1) is 13.0. The molecule has 1 saturated heterocycles. The summed E-state index contributed by atoms with van der Waals surface area (Å²) in [5.74, 6) is -0.369. The molecule has 5 heteroatoms. The van der Waals surface area contributed by atoms with Crippen LogP contribution in [0.4, 0.5) is 0 Å². The molecule has 2 amide bonds. The van der Waals surface area contributed by atoms with Gasteiger partial charge in [-0.05, 0) is 33.2 Å². The third kappa shape index (κ3) is 4.18. The minimum atomic E-state index is -0.555. The van der Waals surface area contributed by atoms with E-state index in [1.165, 1.54) is 0 Å². The van der Waals surface area contributed by atoms with E-state index >= 15 is 0 Å². The minimum Gasteiger partial charge on any atom is -0.370 e. The van der Waals surface area contributed by atoms with Crippen LogP contribution in [0.3, 0.4) is 0 Å². The van der Waals surface area contributed by atoms with E-state index in [9.17, 15) is 9.59 Å². The first-order chi connectivity index (χ1) is 7.41. The van der Waals surface area contributed by atoms with Crippen molar-refractivity contribution in [1.82, 2.24) is 10.6 Å². The lowest BCUT2D eigenvalue weighted by atomic mass is 9.95. The fourth-order valence-corrected chi connectivity index (χ4v) is 1.99. The number of nitrogens with one attached hydrogen (secondary N) is 2. The normalized spacial score (nSPS) is 21.5. The molecule has 92 valence electrons. The molecule has 16 heavy (non-hydrogen) atoms. The highest BCUT2D eigenvalue weighted by molar-refractivity contribution is 5.81. The summed E-state index contributed by atoms with van der Waals surface area (Å²) in [6.07, 6.45) is 2.10. The summed E-state index contributed by atoms with van der Waals surface area (Å²) in [5.41, 5.74) is 4.57. The Morgan fingerprint density at radius 2 is 2.19 bits per heavy atom. The fraction of sp³-hybridized carbons (Fsp3) is 0.818. The minimum absolute atomic E-state index is 0.0125. The number of carbonyl (C=O) groups excluding carboxylic acids is 2. The molecule has 1 aliphatic rings.